The summed E-state index contributed by atoms with van der Waals surface area (Å²) in [6, 6.07) is -0.852. The Morgan fingerprint density at radius 1 is 0.443 bits per heavy atom. The van der Waals surface area contributed by atoms with Gasteiger partial charge in [0.1, 0.15) is 13.2 Å². The molecule has 0 rings (SSSR count). The molecule has 0 aromatic carbocycles. The number of aliphatic hydroxyl groups excluding tert-OH is 1. The van der Waals surface area contributed by atoms with E-state index in [1.165, 1.54) is 186 Å². The molecule has 0 saturated carbocycles. The van der Waals surface area contributed by atoms with Gasteiger partial charge in [-0.2, -0.15) is 0 Å². The molecule has 0 radical (unpaired) electrons. The maximum absolute atomic E-state index is 13.0. The number of likely N-dealkylation sites (N-methyl/N-ethyl adjacent to an activating group) is 1. The predicted molar refractivity (Wildman–Crippen MR) is 346 cm³/mol. The van der Waals surface area contributed by atoms with Gasteiger partial charge < -0.3 is 19.8 Å². The lowest BCUT2D eigenvalue weighted by Gasteiger charge is -2.25. The lowest BCUT2D eigenvalue weighted by Crippen LogP contribution is -2.45. The Morgan fingerprint density at radius 3 is 1.11 bits per heavy atom. The molecule has 0 spiro atoms. The number of amides is 1. The van der Waals surface area contributed by atoms with Crippen molar-refractivity contribution in [2.75, 3.05) is 40.9 Å². The molecular formula is C70H128N2O6P+. The van der Waals surface area contributed by atoms with Gasteiger partial charge in [-0.1, -0.05) is 304 Å². The van der Waals surface area contributed by atoms with E-state index < -0.39 is 20.0 Å². The van der Waals surface area contributed by atoms with E-state index in [-0.39, 0.29) is 19.1 Å². The highest BCUT2D eigenvalue weighted by atomic mass is 31.2. The molecule has 3 atom stereocenters. The minimum Gasteiger partial charge on any atom is -0.387 e. The fourth-order valence-electron chi connectivity index (χ4n) is 9.44. The van der Waals surface area contributed by atoms with Crippen molar-refractivity contribution in [3.63, 3.8) is 0 Å². The van der Waals surface area contributed by atoms with Crippen LogP contribution in [-0.4, -0.2) is 73.4 Å². The zero-order valence-corrected chi connectivity index (χ0v) is 53.2. The van der Waals surface area contributed by atoms with Crippen molar-refractivity contribution in [2.45, 2.75) is 302 Å². The van der Waals surface area contributed by atoms with Gasteiger partial charge in [0.2, 0.25) is 5.91 Å². The Bertz CT molecular complexity index is 1610. The molecule has 79 heavy (non-hydrogen) atoms. The maximum atomic E-state index is 13.0. The summed E-state index contributed by atoms with van der Waals surface area (Å²) >= 11 is 0. The van der Waals surface area contributed by atoms with E-state index in [1.54, 1.807) is 6.08 Å². The molecule has 0 aromatic heterocycles. The zero-order chi connectivity index (χ0) is 57.7. The molecule has 0 aliphatic rings. The van der Waals surface area contributed by atoms with Crippen LogP contribution in [0.15, 0.2) is 97.2 Å². The highest BCUT2D eigenvalue weighted by Gasteiger charge is 2.28. The number of unbranched alkanes of at least 4 members (excludes halogenated alkanes) is 33. The van der Waals surface area contributed by atoms with Gasteiger partial charge in [0.05, 0.1) is 39.9 Å². The van der Waals surface area contributed by atoms with Crippen molar-refractivity contribution < 1.29 is 32.9 Å². The zero-order valence-electron chi connectivity index (χ0n) is 52.3. The van der Waals surface area contributed by atoms with Crippen LogP contribution in [0.1, 0.15) is 290 Å². The smallest absolute Gasteiger partial charge is 0.387 e. The van der Waals surface area contributed by atoms with Crippen molar-refractivity contribution in [1.82, 2.24) is 5.32 Å². The second kappa shape index (κ2) is 60.0. The predicted octanol–water partition coefficient (Wildman–Crippen LogP) is 20.9. The minimum atomic E-state index is -4.35. The van der Waals surface area contributed by atoms with E-state index in [4.69, 9.17) is 9.05 Å². The Labute approximate surface area is 489 Å². The molecule has 8 nitrogen and oxygen atoms in total. The Morgan fingerprint density at radius 2 is 0.759 bits per heavy atom. The van der Waals surface area contributed by atoms with Gasteiger partial charge in [-0.15, -0.1) is 0 Å². The third kappa shape index (κ3) is 62.9. The number of nitrogens with one attached hydrogen (secondary N) is 1. The molecule has 0 aliphatic heterocycles. The van der Waals surface area contributed by atoms with Crippen LogP contribution in [0.2, 0.25) is 0 Å². The van der Waals surface area contributed by atoms with Gasteiger partial charge in [0.15, 0.2) is 0 Å². The summed E-state index contributed by atoms with van der Waals surface area (Å²) in [7, 11) is 1.57. The number of quaternary nitrogens is 1. The lowest BCUT2D eigenvalue weighted by molar-refractivity contribution is -0.870. The van der Waals surface area contributed by atoms with E-state index in [9.17, 15) is 19.4 Å². The average Bonchev–Trinajstić information content (AvgIpc) is 3.42. The maximum Gasteiger partial charge on any atom is 0.472 e. The highest BCUT2D eigenvalue weighted by molar-refractivity contribution is 7.47. The number of aliphatic hydroxyl groups is 1. The van der Waals surface area contributed by atoms with Crippen LogP contribution in [0.5, 0.6) is 0 Å². The fourth-order valence-corrected chi connectivity index (χ4v) is 10.2. The number of rotatable bonds is 60. The molecule has 1 amide bonds. The van der Waals surface area contributed by atoms with Crippen LogP contribution in [0.3, 0.4) is 0 Å². The topological polar surface area (TPSA) is 105 Å². The molecule has 3 unspecified atom stereocenters. The van der Waals surface area contributed by atoms with Crippen molar-refractivity contribution >= 4 is 13.7 Å². The van der Waals surface area contributed by atoms with E-state index >= 15 is 0 Å². The second-order valence-corrected chi connectivity index (χ2v) is 24.9. The molecule has 3 N–H and O–H groups in total. The number of nitrogens with zero attached hydrogens (tertiary/aromatic N) is 1. The van der Waals surface area contributed by atoms with Gasteiger partial charge in [-0.05, 0) is 77.0 Å². The first-order valence-corrected chi connectivity index (χ1v) is 34.6. The third-order valence-electron chi connectivity index (χ3n) is 14.6. The summed E-state index contributed by atoms with van der Waals surface area (Å²) in [5, 5.41) is 14.0. The molecule has 9 heteroatoms. The second-order valence-electron chi connectivity index (χ2n) is 23.5. The number of carbonyl (C=O) groups is 1. The normalized spacial score (nSPS) is 14.4. The summed E-state index contributed by atoms with van der Waals surface area (Å²) in [4.78, 5) is 23.4. The molecule has 0 fully saturated rings. The molecule has 0 aliphatic carbocycles. The van der Waals surface area contributed by atoms with E-state index in [0.717, 1.165) is 83.5 Å². The van der Waals surface area contributed by atoms with Gasteiger partial charge in [-0.25, -0.2) is 4.57 Å². The Hall–Kier alpha value is -2.58. The quantitative estimate of drug-likeness (QED) is 0.0243. The first kappa shape index (κ1) is 76.4. The molecule has 458 valence electrons. The standard InChI is InChI=1S/C70H127N2O6P/c1-6-8-10-12-14-16-18-20-22-24-26-28-29-30-31-32-33-34-35-36-37-38-39-40-41-42-43-44-46-48-50-52-54-56-58-60-62-64-70(74)71-68(67-78-79(75,76)77-66-65-72(3,4)5)69(73)63-61-59-57-55-53-51-49-47-45-27-25-23-21-19-17-15-13-11-9-7-2/h8,10,14,16,20,22,26,28,30-31,33-34,36-37,61,63,68-69,73H,6-7,9,11-13,15,17-19,21,23-25,27,29,32,35,38-60,62,64-67H2,1-5H3,(H-,71,74,75,76)/p+1/b10-8-,16-14-,22-20-,28-26-,31-30-,34-33-,37-36-,63-61+. The van der Waals surface area contributed by atoms with Crippen LogP contribution in [0.25, 0.3) is 0 Å². The summed E-state index contributed by atoms with van der Waals surface area (Å²) in [6.07, 6.45) is 86.7. The molecule has 0 saturated heterocycles. The van der Waals surface area contributed by atoms with Gasteiger partial charge in [0.25, 0.3) is 0 Å². The fraction of sp³-hybridized carbons (Fsp3) is 0.757. The van der Waals surface area contributed by atoms with Crippen molar-refractivity contribution in [3.8, 4) is 0 Å². The lowest BCUT2D eigenvalue weighted by atomic mass is 10.0. The monoisotopic (exact) mass is 1120 g/mol. The number of carbonyl (C=O) groups excluding carboxylic acids is 1. The van der Waals surface area contributed by atoms with Crippen molar-refractivity contribution in [2.24, 2.45) is 0 Å². The molecular weight excluding hydrogens is 996 g/mol. The largest absolute Gasteiger partial charge is 0.472 e. The summed E-state index contributed by atoms with van der Waals surface area (Å²) in [5.41, 5.74) is 0. The average molecular weight is 1120 g/mol. The highest BCUT2D eigenvalue weighted by Crippen LogP contribution is 2.43. The molecule has 0 heterocycles. The van der Waals surface area contributed by atoms with Crippen LogP contribution < -0.4 is 5.32 Å². The van der Waals surface area contributed by atoms with Crippen LogP contribution in [0.4, 0.5) is 0 Å². The SMILES string of the molecule is CC/C=C\C/C=C\C/C=C\C/C=C\C/C=C\C/C=C\C/C=C\CCCCCCCCCCCCCCCCCC(=O)NC(COP(=O)(O)OCC[N+](C)(C)C)C(O)/C=C/CCCCCCCCCCCCCCCCCCCC. The van der Waals surface area contributed by atoms with Crippen LogP contribution in [0, 0.1) is 0 Å². The number of allylic oxidation sites excluding steroid dienone is 15. The Kier molecular flexibility index (Phi) is 58.1. The number of phosphoric acid groups is 1. The molecule has 0 aromatic rings. The van der Waals surface area contributed by atoms with Gasteiger partial charge >= 0.3 is 7.82 Å². The third-order valence-corrected chi connectivity index (χ3v) is 15.5. The number of hydrogen-bond acceptors (Lipinski definition) is 5. The van der Waals surface area contributed by atoms with E-state index in [2.05, 4.69) is 104 Å². The van der Waals surface area contributed by atoms with Crippen molar-refractivity contribution in [3.05, 3.63) is 97.2 Å². The van der Waals surface area contributed by atoms with Crippen molar-refractivity contribution in [1.29, 1.82) is 0 Å². The minimum absolute atomic E-state index is 0.0593. The van der Waals surface area contributed by atoms with Gasteiger partial charge in [-0.3, -0.25) is 13.8 Å². The van der Waals surface area contributed by atoms with Gasteiger partial charge in [0, 0.05) is 6.42 Å². The van der Waals surface area contributed by atoms with Crippen LogP contribution >= 0.6 is 7.82 Å². The summed E-state index contributed by atoms with van der Waals surface area (Å²) in [5.74, 6) is -0.177. The summed E-state index contributed by atoms with van der Waals surface area (Å²) in [6.45, 7) is 4.72. The number of phosphoric ester groups is 1. The molecule has 0 bridgehead atoms. The van der Waals surface area contributed by atoms with E-state index in [1.807, 2.05) is 27.2 Å². The summed E-state index contributed by atoms with van der Waals surface area (Å²) < 4.78 is 23.8. The van der Waals surface area contributed by atoms with Crippen LogP contribution in [-0.2, 0) is 18.4 Å². The first-order valence-electron chi connectivity index (χ1n) is 33.1. The Balaban J connectivity index is 4.07. The number of hydrogen-bond donors (Lipinski definition) is 3. The first-order chi connectivity index (χ1) is 38.5. The van der Waals surface area contributed by atoms with E-state index in [0.29, 0.717) is 17.4 Å².